The standard InChI is InChI=1S/C24H26N4O3S/c1-3-28(4-2)22(29)15-16-25-20-13-8-12-19-23(20)26-27-24(19)32(30,31)21-14-7-10-17-9-5-6-11-18(17)21/h5-14,25H,3-4,15-16H2,1-2H3,(H,26,27). The van der Waals surface area contributed by atoms with Gasteiger partial charge in [0.1, 0.15) is 0 Å². The maximum absolute atomic E-state index is 13.5. The fourth-order valence-electron chi connectivity index (χ4n) is 3.94. The monoisotopic (exact) mass is 450 g/mol. The van der Waals surface area contributed by atoms with Crippen molar-refractivity contribution < 1.29 is 13.2 Å². The largest absolute Gasteiger partial charge is 0.383 e. The molecule has 0 unspecified atom stereocenters. The smallest absolute Gasteiger partial charge is 0.226 e. The van der Waals surface area contributed by atoms with E-state index in [0.717, 1.165) is 5.39 Å². The summed E-state index contributed by atoms with van der Waals surface area (Å²) in [5.41, 5.74) is 1.31. The summed E-state index contributed by atoms with van der Waals surface area (Å²) in [6.45, 7) is 5.72. The number of rotatable bonds is 8. The number of anilines is 1. The molecule has 0 aliphatic heterocycles. The van der Waals surface area contributed by atoms with Gasteiger partial charge in [0.2, 0.25) is 15.7 Å². The van der Waals surface area contributed by atoms with Crippen LogP contribution in [0.1, 0.15) is 20.3 Å². The van der Waals surface area contributed by atoms with Crippen LogP contribution in [0.15, 0.2) is 70.6 Å². The van der Waals surface area contributed by atoms with Crippen LogP contribution >= 0.6 is 0 Å². The van der Waals surface area contributed by atoms with Gasteiger partial charge in [-0.3, -0.25) is 9.89 Å². The quantitative estimate of drug-likeness (QED) is 0.419. The molecule has 0 saturated heterocycles. The maximum Gasteiger partial charge on any atom is 0.226 e. The van der Waals surface area contributed by atoms with Crippen LogP contribution in [0.25, 0.3) is 21.7 Å². The van der Waals surface area contributed by atoms with E-state index in [9.17, 15) is 13.2 Å². The summed E-state index contributed by atoms with van der Waals surface area (Å²) < 4.78 is 27.1. The summed E-state index contributed by atoms with van der Waals surface area (Å²) in [6.07, 6.45) is 0.355. The minimum Gasteiger partial charge on any atom is -0.383 e. The Morgan fingerprint density at radius 2 is 1.66 bits per heavy atom. The Bertz CT molecular complexity index is 1370. The second-order valence-corrected chi connectivity index (χ2v) is 9.31. The highest BCUT2D eigenvalue weighted by atomic mass is 32.2. The lowest BCUT2D eigenvalue weighted by Gasteiger charge is -2.18. The number of hydrogen-bond acceptors (Lipinski definition) is 5. The normalized spacial score (nSPS) is 11.7. The predicted molar refractivity (Wildman–Crippen MR) is 127 cm³/mol. The van der Waals surface area contributed by atoms with Gasteiger partial charge in [-0.2, -0.15) is 5.10 Å². The van der Waals surface area contributed by atoms with Gasteiger partial charge in [0, 0.05) is 36.8 Å². The molecule has 0 fully saturated rings. The first kappa shape index (κ1) is 21.8. The molecule has 4 aromatic rings. The van der Waals surface area contributed by atoms with Crippen molar-refractivity contribution in [1.29, 1.82) is 0 Å². The van der Waals surface area contributed by atoms with E-state index in [-0.39, 0.29) is 15.8 Å². The van der Waals surface area contributed by atoms with E-state index in [0.29, 0.717) is 48.0 Å². The lowest BCUT2D eigenvalue weighted by Crippen LogP contribution is -2.31. The average molecular weight is 451 g/mol. The lowest BCUT2D eigenvalue weighted by atomic mass is 10.1. The molecule has 1 aromatic heterocycles. The molecule has 0 aliphatic rings. The molecule has 0 spiro atoms. The van der Waals surface area contributed by atoms with E-state index in [1.54, 1.807) is 35.2 Å². The first-order valence-electron chi connectivity index (χ1n) is 10.7. The second-order valence-electron chi connectivity index (χ2n) is 7.48. The van der Waals surface area contributed by atoms with E-state index in [1.807, 2.05) is 44.2 Å². The molecule has 32 heavy (non-hydrogen) atoms. The summed E-state index contributed by atoms with van der Waals surface area (Å²) in [7, 11) is -3.85. The summed E-state index contributed by atoms with van der Waals surface area (Å²) >= 11 is 0. The van der Waals surface area contributed by atoms with Gasteiger partial charge in [-0.1, -0.05) is 42.5 Å². The Balaban J connectivity index is 1.65. The third-order valence-electron chi connectivity index (χ3n) is 5.63. The van der Waals surface area contributed by atoms with Gasteiger partial charge in [-0.05, 0) is 37.4 Å². The Kier molecular flexibility index (Phi) is 6.14. The van der Waals surface area contributed by atoms with E-state index >= 15 is 0 Å². The van der Waals surface area contributed by atoms with Crippen LogP contribution in [-0.4, -0.2) is 49.1 Å². The van der Waals surface area contributed by atoms with Crippen LogP contribution < -0.4 is 5.32 Å². The highest BCUT2D eigenvalue weighted by Crippen LogP contribution is 2.33. The Labute approximate surface area is 187 Å². The minimum atomic E-state index is -3.85. The number of nitrogens with one attached hydrogen (secondary N) is 2. The highest BCUT2D eigenvalue weighted by molar-refractivity contribution is 7.91. The Morgan fingerprint density at radius 3 is 2.44 bits per heavy atom. The van der Waals surface area contributed by atoms with Crippen LogP contribution in [0.2, 0.25) is 0 Å². The fraction of sp³-hybridized carbons (Fsp3) is 0.250. The molecule has 1 amide bonds. The SMILES string of the molecule is CCN(CC)C(=O)CCNc1cccc2c(S(=O)(=O)c3cccc4ccccc34)n[nH]c12. The van der Waals surface area contributed by atoms with Gasteiger partial charge < -0.3 is 10.2 Å². The van der Waals surface area contributed by atoms with Crippen molar-refractivity contribution in [2.24, 2.45) is 0 Å². The number of fused-ring (bicyclic) bond motifs is 2. The first-order chi connectivity index (χ1) is 15.5. The van der Waals surface area contributed by atoms with Crippen molar-refractivity contribution in [3.05, 3.63) is 60.7 Å². The number of aromatic nitrogens is 2. The number of amides is 1. The predicted octanol–water partition coefficient (Wildman–Crippen LogP) is 4.22. The molecule has 0 saturated carbocycles. The number of carbonyl (C=O) groups excluding carboxylic acids is 1. The molecular formula is C24H26N4O3S. The Morgan fingerprint density at radius 1 is 0.969 bits per heavy atom. The van der Waals surface area contributed by atoms with Gasteiger partial charge in [0.05, 0.1) is 16.1 Å². The van der Waals surface area contributed by atoms with Crippen molar-refractivity contribution >= 4 is 43.1 Å². The molecule has 0 bridgehead atoms. The average Bonchev–Trinajstić information content (AvgIpc) is 3.25. The third-order valence-corrected chi connectivity index (χ3v) is 7.38. The zero-order chi connectivity index (χ0) is 22.7. The van der Waals surface area contributed by atoms with Crippen molar-refractivity contribution in [3.8, 4) is 0 Å². The number of carbonyl (C=O) groups is 1. The van der Waals surface area contributed by atoms with E-state index in [4.69, 9.17) is 0 Å². The molecule has 3 aromatic carbocycles. The van der Waals surface area contributed by atoms with Crippen LogP contribution in [0.3, 0.4) is 0 Å². The highest BCUT2D eigenvalue weighted by Gasteiger charge is 2.26. The molecule has 0 radical (unpaired) electrons. The number of hydrogen-bond donors (Lipinski definition) is 2. The molecule has 4 rings (SSSR count). The van der Waals surface area contributed by atoms with E-state index in [2.05, 4.69) is 15.5 Å². The van der Waals surface area contributed by atoms with Crippen molar-refractivity contribution in [2.75, 3.05) is 25.0 Å². The Hall–Kier alpha value is -3.39. The second kappa shape index (κ2) is 9.00. The molecule has 0 atom stereocenters. The minimum absolute atomic E-state index is 0.00767. The number of aromatic amines is 1. The molecule has 1 heterocycles. The molecule has 7 nitrogen and oxygen atoms in total. The maximum atomic E-state index is 13.5. The van der Waals surface area contributed by atoms with Gasteiger partial charge >= 0.3 is 0 Å². The van der Waals surface area contributed by atoms with Crippen LogP contribution in [0.5, 0.6) is 0 Å². The number of benzene rings is 3. The molecule has 166 valence electrons. The molecule has 2 N–H and O–H groups in total. The number of nitrogens with zero attached hydrogens (tertiary/aromatic N) is 2. The topological polar surface area (TPSA) is 95.2 Å². The van der Waals surface area contributed by atoms with E-state index < -0.39 is 9.84 Å². The number of sulfone groups is 1. The van der Waals surface area contributed by atoms with Crippen LogP contribution in [-0.2, 0) is 14.6 Å². The van der Waals surface area contributed by atoms with Gasteiger partial charge in [0.25, 0.3) is 0 Å². The summed E-state index contributed by atoms with van der Waals surface area (Å²) in [4.78, 5) is 14.3. The zero-order valence-electron chi connectivity index (χ0n) is 18.1. The lowest BCUT2D eigenvalue weighted by molar-refractivity contribution is -0.130. The van der Waals surface area contributed by atoms with Crippen molar-refractivity contribution in [3.63, 3.8) is 0 Å². The number of para-hydroxylation sites is 1. The summed E-state index contributed by atoms with van der Waals surface area (Å²) in [5.74, 6) is 0.0820. The molecule has 0 aliphatic carbocycles. The molecule has 8 heteroatoms. The van der Waals surface area contributed by atoms with Gasteiger partial charge in [-0.15, -0.1) is 0 Å². The van der Waals surface area contributed by atoms with Crippen molar-refractivity contribution in [2.45, 2.75) is 30.2 Å². The fourth-order valence-corrected chi connectivity index (χ4v) is 5.51. The van der Waals surface area contributed by atoms with Crippen molar-refractivity contribution in [1.82, 2.24) is 15.1 Å². The van der Waals surface area contributed by atoms with E-state index in [1.165, 1.54) is 0 Å². The van der Waals surface area contributed by atoms with Crippen LogP contribution in [0.4, 0.5) is 5.69 Å². The number of H-pyrrole nitrogens is 1. The van der Waals surface area contributed by atoms with Crippen LogP contribution in [0, 0.1) is 0 Å². The molecular weight excluding hydrogens is 424 g/mol. The zero-order valence-corrected chi connectivity index (χ0v) is 18.9. The summed E-state index contributed by atoms with van der Waals surface area (Å²) in [6, 6.07) is 18.0. The first-order valence-corrected chi connectivity index (χ1v) is 12.2. The van der Waals surface area contributed by atoms with Gasteiger partial charge in [-0.25, -0.2) is 8.42 Å². The summed E-state index contributed by atoms with van der Waals surface area (Å²) in [5, 5.41) is 12.3. The van der Waals surface area contributed by atoms with Gasteiger partial charge in [0.15, 0.2) is 5.03 Å². The third kappa shape index (κ3) is 3.93.